The van der Waals surface area contributed by atoms with Gasteiger partial charge in [0.1, 0.15) is 0 Å². The zero-order chi connectivity index (χ0) is 17.8. The van der Waals surface area contributed by atoms with Crippen molar-refractivity contribution in [1.29, 1.82) is 0 Å². The van der Waals surface area contributed by atoms with Gasteiger partial charge in [-0.2, -0.15) is 0 Å². The Kier molecular flexibility index (Phi) is 7.20. The van der Waals surface area contributed by atoms with Crippen LogP contribution in [0.15, 0.2) is 42.5 Å². The van der Waals surface area contributed by atoms with Crippen LogP contribution in [-0.4, -0.2) is 22.1 Å². The van der Waals surface area contributed by atoms with Crippen LogP contribution >= 0.6 is 16.6 Å². The van der Waals surface area contributed by atoms with Gasteiger partial charge in [0.2, 0.25) is 0 Å². The van der Waals surface area contributed by atoms with Crippen molar-refractivity contribution in [2.75, 3.05) is 6.16 Å². The van der Waals surface area contributed by atoms with E-state index in [-0.39, 0.29) is 10.9 Å². The predicted molar refractivity (Wildman–Crippen MR) is 114 cm³/mol. The molecular formula is C20H31OPS2. The third-order valence-electron chi connectivity index (χ3n) is 5.21. The quantitative estimate of drug-likeness (QED) is 0.480. The van der Waals surface area contributed by atoms with Crippen molar-refractivity contribution in [2.24, 2.45) is 5.92 Å². The fourth-order valence-corrected chi connectivity index (χ4v) is 12.6. The minimum atomic E-state index is -1.74. The van der Waals surface area contributed by atoms with Crippen LogP contribution in [0.25, 0.3) is 0 Å². The SMILES string of the molecule is C=C(C)[C@@H]1CC[C@](C)(S[P@](=S)(CCCC)c2ccccc2)[C@@H](O)C1. The van der Waals surface area contributed by atoms with Gasteiger partial charge in [0.15, 0.2) is 0 Å². The lowest BCUT2D eigenvalue weighted by Gasteiger charge is -2.44. The summed E-state index contributed by atoms with van der Waals surface area (Å²) in [5, 5.41) is 10.5. The number of hydrogen-bond acceptors (Lipinski definition) is 3. The highest BCUT2D eigenvalue weighted by Gasteiger charge is 2.43. The summed E-state index contributed by atoms with van der Waals surface area (Å²) in [6, 6.07) is 10.6. The zero-order valence-electron chi connectivity index (χ0n) is 15.2. The highest BCUT2D eigenvalue weighted by atomic mass is 32.9. The molecule has 0 aromatic heterocycles. The Morgan fingerprint density at radius 1 is 1.42 bits per heavy atom. The molecule has 0 unspecified atom stereocenters. The lowest BCUT2D eigenvalue weighted by molar-refractivity contribution is 0.0803. The molecule has 1 saturated carbocycles. The van der Waals surface area contributed by atoms with Crippen molar-refractivity contribution < 1.29 is 5.11 Å². The number of aliphatic hydroxyl groups excluding tert-OH is 1. The molecule has 0 bridgehead atoms. The predicted octanol–water partition coefficient (Wildman–Crippen LogP) is 5.74. The molecule has 1 nitrogen and oxygen atoms in total. The first-order chi connectivity index (χ1) is 11.3. The fraction of sp³-hybridized carbons (Fsp3) is 0.600. The first-order valence-corrected chi connectivity index (χ1v) is 13.4. The molecule has 1 aromatic rings. The van der Waals surface area contributed by atoms with E-state index >= 15 is 0 Å². The first kappa shape index (κ1) is 20.2. The lowest BCUT2D eigenvalue weighted by atomic mass is 9.77. The summed E-state index contributed by atoms with van der Waals surface area (Å²) in [6.07, 6.45) is 6.09. The maximum atomic E-state index is 10.9. The number of aliphatic hydroxyl groups is 1. The van der Waals surface area contributed by atoms with Gasteiger partial charge < -0.3 is 5.11 Å². The van der Waals surface area contributed by atoms with Gasteiger partial charge in [-0.1, -0.05) is 67.6 Å². The largest absolute Gasteiger partial charge is 0.392 e. The van der Waals surface area contributed by atoms with Gasteiger partial charge in [0.25, 0.3) is 0 Å². The Bertz CT molecular complexity index is 601. The van der Waals surface area contributed by atoms with E-state index in [2.05, 4.69) is 57.7 Å². The molecular weight excluding hydrogens is 351 g/mol. The average Bonchev–Trinajstić information content (AvgIpc) is 2.56. The van der Waals surface area contributed by atoms with Gasteiger partial charge in [-0.05, 0) is 56.9 Å². The maximum Gasteiger partial charge on any atom is 0.0693 e. The van der Waals surface area contributed by atoms with Crippen molar-refractivity contribution >= 4 is 33.7 Å². The summed E-state index contributed by atoms with van der Waals surface area (Å²) in [5.41, 5.74) is 1.20. The van der Waals surface area contributed by atoms with Crippen molar-refractivity contribution in [3.05, 3.63) is 42.5 Å². The molecule has 1 N–H and O–H groups in total. The monoisotopic (exact) mass is 382 g/mol. The molecule has 0 spiro atoms. The molecule has 0 radical (unpaired) electrons. The molecule has 4 atom stereocenters. The summed E-state index contributed by atoms with van der Waals surface area (Å²) < 4.78 is -0.134. The number of rotatable bonds is 7. The molecule has 0 amide bonds. The summed E-state index contributed by atoms with van der Waals surface area (Å²) in [5.74, 6) is 0.457. The topological polar surface area (TPSA) is 20.2 Å². The van der Waals surface area contributed by atoms with Crippen LogP contribution in [0.5, 0.6) is 0 Å². The van der Waals surface area contributed by atoms with E-state index in [0.29, 0.717) is 5.92 Å². The molecule has 0 heterocycles. The second kappa shape index (κ2) is 8.54. The third-order valence-corrected chi connectivity index (χ3v) is 13.6. The summed E-state index contributed by atoms with van der Waals surface area (Å²) >= 11 is 8.20. The van der Waals surface area contributed by atoms with E-state index < -0.39 is 5.24 Å². The number of hydrogen-bond donors (Lipinski definition) is 1. The van der Waals surface area contributed by atoms with Gasteiger partial charge in [-0.3, -0.25) is 0 Å². The minimum Gasteiger partial charge on any atom is -0.392 e. The normalized spacial score (nSPS) is 29.8. The smallest absolute Gasteiger partial charge is 0.0693 e. The molecule has 1 aliphatic carbocycles. The van der Waals surface area contributed by atoms with E-state index in [1.807, 2.05) is 11.4 Å². The van der Waals surface area contributed by atoms with Gasteiger partial charge in [0.05, 0.1) is 6.10 Å². The van der Waals surface area contributed by atoms with Crippen LogP contribution in [0.3, 0.4) is 0 Å². The van der Waals surface area contributed by atoms with Crippen molar-refractivity contribution in [3.8, 4) is 0 Å². The Hall–Kier alpha value is -0.0800. The zero-order valence-corrected chi connectivity index (χ0v) is 17.7. The molecule has 2 rings (SSSR count). The highest BCUT2D eigenvalue weighted by molar-refractivity contribution is 8.73. The van der Waals surface area contributed by atoms with Crippen molar-refractivity contribution in [2.45, 2.75) is 63.7 Å². The van der Waals surface area contributed by atoms with Gasteiger partial charge in [-0.15, -0.1) is 11.4 Å². The number of allylic oxidation sites excluding steroid dienone is 1. The van der Waals surface area contributed by atoms with Crippen LogP contribution in [0.1, 0.15) is 52.9 Å². The van der Waals surface area contributed by atoms with E-state index in [9.17, 15) is 5.11 Å². The molecule has 1 aromatic carbocycles. The average molecular weight is 383 g/mol. The van der Waals surface area contributed by atoms with Crippen LogP contribution < -0.4 is 5.30 Å². The van der Waals surface area contributed by atoms with Crippen LogP contribution in [0.2, 0.25) is 0 Å². The lowest BCUT2D eigenvalue weighted by Crippen LogP contribution is -2.42. The minimum absolute atomic E-state index is 0.134. The van der Waals surface area contributed by atoms with Crippen molar-refractivity contribution in [3.63, 3.8) is 0 Å². The van der Waals surface area contributed by atoms with E-state index in [4.69, 9.17) is 11.8 Å². The summed E-state index contributed by atoms with van der Waals surface area (Å²) in [7, 11) is 0. The standard InChI is InChI=1S/C20H31OPS2/c1-5-6-14-22(23,18-10-8-7-9-11-18)24-20(4)13-12-17(16(2)3)15-19(20)21/h7-11,17,19,21H,2,5-6,12-15H2,1,3-4H3/t17-,19+,20+,22-/m1/s1. The summed E-state index contributed by atoms with van der Waals surface area (Å²) in [6.45, 7) is 10.6. The van der Waals surface area contributed by atoms with E-state index in [1.165, 1.54) is 23.7 Å². The van der Waals surface area contributed by atoms with E-state index in [0.717, 1.165) is 25.4 Å². The first-order valence-electron chi connectivity index (χ1n) is 8.99. The highest BCUT2D eigenvalue weighted by Crippen LogP contribution is 2.66. The Morgan fingerprint density at radius 2 is 2.08 bits per heavy atom. The third kappa shape index (κ3) is 4.75. The second-order valence-corrected chi connectivity index (χ2v) is 15.7. The molecule has 0 aliphatic heterocycles. The molecule has 1 aliphatic rings. The Morgan fingerprint density at radius 3 is 2.62 bits per heavy atom. The van der Waals surface area contributed by atoms with Crippen LogP contribution in [0, 0.1) is 5.92 Å². The molecule has 4 heteroatoms. The molecule has 1 fully saturated rings. The summed E-state index contributed by atoms with van der Waals surface area (Å²) in [4.78, 5) is 0. The molecule has 24 heavy (non-hydrogen) atoms. The van der Waals surface area contributed by atoms with Gasteiger partial charge >= 0.3 is 0 Å². The second-order valence-electron chi connectivity index (χ2n) is 7.32. The van der Waals surface area contributed by atoms with E-state index in [1.54, 1.807) is 0 Å². The number of unbranched alkanes of at least 4 members (excludes halogenated alkanes) is 1. The van der Waals surface area contributed by atoms with Crippen LogP contribution in [-0.2, 0) is 11.8 Å². The Balaban J connectivity index is 2.23. The van der Waals surface area contributed by atoms with Crippen molar-refractivity contribution in [1.82, 2.24) is 0 Å². The van der Waals surface area contributed by atoms with Crippen LogP contribution in [0.4, 0.5) is 0 Å². The fourth-order valence-electron chi connectivity index (χ4n) is 3.40. The molecule has 134 valence electrons. The number of benzene rings is 1. The van der Waals surface area contributed by atoms with Gasteiger partial charge in [0, 0.05) is 9.99 Å². The Labute approximate surface area is 157 Å². The molecule has 0 saturated heterocycles. The maximum absolute atomic E-state index is 10.9. The van der Waals surface area contributed by atoms with Gasteiger partial charge in [-0.25, -0.2) is 0 Å².